The highest BCUT2D eigenvalue weighted by Crippen LogP contribution is 2.23. The number of halogens is 1. The fraction of sp³-hybridized carbons (Fsp3) is 0.154. The van der Waals surface area contributed by atoms with Crippen molar-refractivity contribution in [2.24, 2.45) is 0 Å². The largest absolute Gasteiger partial charge is 0.289 e. The maximum Gasteiger partial charge on any atom is 0.195 e. The van der Waals surface area contributed by atoms with Crippen LogP contribution < -0.4 is 0 Å². The quantitative estimate of drug-likeness (QED) is 0.752. The number of thiophene rings is 1. The van der Waals surface area contributed by atoms with E-state index in [1.165, 1.54) is 0 Å². The topological polar surface area (TPSA) is 17.1 Å². The number of rotatable bonds is 2. The summed E-state index contributed by atoms with van der Waals surface area (Å²) in [4.78, 5) is 13.4. The Morgan fingerprint density at radius 1 is 1.25 bits per heavy atom. The highest BCUT2D eigenvalue weighted by atomic mass is 79.9. The number of carbonyl (C=O) groups excluding carboxylic acids is 1. The first-order valence-corrected chi connectivity index (χ1v) is 6.61. The van der Waals surface area contributed by atoms with Crippen molar-refractivity contribution in [3.05, 3.63) is 55.7 Å². The second kappa shape index (κ2) is 4.52. The van der Waals surface area contributed by atoms with E-state index in [2.05, 4.69) is 15.9 Å². The van der Waals surface area contributed by atoms with Gasteiger partial charge in [-0.15, -0.1) is 11.3 Å². The molecule has 1 heterocycles. The van der Waals surface area contributed by atoms with Crippen LogP contribution in [0.1, 0.15) is 26.4 Å². The predicted octanol–water partition coefficient (Wildman–Crippen LogP) is 4.36. The second-order valence-electron chi connectivity index (χ2n) is 3.76. The van der Waals surface area contributed by atoms with E-state index in [1.807, 2.05) is 43.5 Å². The average molecular weight is 295 g/mol. The molecule has 1 aromatic carbocycles. The van der Waals surface area contributed by atoms with Crippen LogP contribution in [0.5, 0.6) is 0 Å². The minimum Gasteiger partial charge on any atom is -0.289 e. The summed E-state index contributed by atoms with van der Waals surface area (Å²) in [5.41, 5.74) is 2.60. The van der Waals surface area contributed by atoms with E-state index < -0.39 is 0 Å². The summed E-state index contributed by atoms with van der Waals surface area (Å²) < 4.78 is 0.854. The monoisotopic (exact) mass is 294 g/mol. The predicted molar refractivity (Wildman–Crippen MR) is 71.4 cm³/mol. The van der Waals surface area contributed by atoms with Crippen LogP contribution in [0, 0.1) is 13.8 Å². The molecular weight excluding hydrogens is 284 g/mol. The van der Waals surface area contributed by atoms with Gasteiger partial charge in [-0.25, -0.2) is 0 Å². The van der Waals surface area contributed by atoms with Gasteiger partial charge < -0.3 is 0 Å². The van der Waals surface area contributed by atoms with E-state index in [9.17, 15) is 4.79 Å². The molecule has 2 rings (SSSR count). The molecule has 0 bridgehead atoms. The van der Waals surface area contributed by atoms with Gasteiger partial charge >= 0.3 is 0 Å². The molecule has 1 aromatic heterocycles. The van der Waals surface area contributed by atoms with E-state index in [1.54, 1.807) is 11.3 Å². The summed E-state index contributed by atoms with van der Waals surface area (Å²) in [6, 6.07) is 7.75. The smallest absolute Gasteiger partial charge is 0.195 e. The van der Waals surface area contributed by atoms with Gasteiger partial charge in [-0.3, -0.25) is 4.79 Å². The molecule has 0 radical (unpaired) electrons. The lowest BCUT2D eigenvalue weighted by atomic mass is 10.0. The van der Waals surface area contributed by atoms with Crippen LogP contribution in [0.2, 0.25) is 0 Å². The van der Waals surface area contributed by atoms with Crippen molar-refractivity contribution in [1.82, 2.24) is 0 Å². The fourth-order valence-corrected chi connectivity index (χ4v) is 2.64. The lowest BCUT2D eigenvalue weighted by Gasteiger charge is -2.03. The first kappa shape index (κ1) is 11.6. The summed E-state index contributed by atoms with van der Waals surface area (Å²) in [6.07, 6.45) is 0. The Balaban J connectivity index is 2.45. The average Bonchev–Trinajstić information content (AvgIpc) is 2.67. The molecule has 0 amide bonds. The molecule has 0 N–H and O–H groups in total. The molecule has 0 unspecified atom stereocenters. The van der Waals surface area contributed by atoms with Crippen molar-refractivity contribution in [2.75, 3.05) is 0 Å². The van der Waals surface area contributed by atoms with Gasteiger partial charge in [-0.05, 0) is 32.0 Å². The highest BCUT2D eigenvalue weighted by molar-refractivity contribution is 9.10. The zero-order chi connectivity index (χ0) is 11.7. The molecule has 0 fully saturated rings. The van der Waals surface area contributed by atoms with Crippen LogP contribution in [0.3, 0.4) is 0 Å². The lowest BCUT2D eigenvalue weighted by Crippen LogP contribution is -2.01. The van der Waals surface area contributed by atoms with Gasteiger partial charge in [0.2, 0.25) is 0 Å². The Labute approximate surface area is 107 Å². The first-order chi connectivity index (χ1) is 7.58. The van der Waals surface area contributed by atoms with Crippen LogP contribution in [-0.4, -0.2) is 5.78 Å². The van der Waals surface area contributed by atoms with Gasteiger partial charge in [0.25, 0.3) is 0 Å². The van der Waals surface area contributed by atoms with Gasteiger partial charge in [0, 0.05) is 25.9 Å². The number of ketones is 1. The summed E-state index contributed by atoms with van der Waals surface area (Å²) >= 11 is 5.02. The standard InChI is InChI=1S/C13H11BrOS/c1-8-3-4-12(14)11(5-8)13(15)10-6-9(2)16-7-10/h3-7H,1-2H3. The van der Waals surface area contributed by atoms with Gasteiger partial charge in [-0.2, -0.15) is 0 Å². The van der Waals surface area contributed by atoms with Crippen molar-refractivity contribution in [3.8, 4) is 0 Å². The maximum atomic E-state index is 12.2. The Morgan fingerprint density at radius 3 is 2.62 bits per heavy atom. The molecule has 82 valence electrons. The van der Waals surface area contributed by atoms with Crippen LogP contribution in [-0.2, 0) is 0 Å². The first-order valence-electron chi connectivity index (χ1n) is 4.94. The number of aryl methyl sites for hydroxylation is 2. The summed E-state index contributed by atoms with van der Waals surface area (Å²) in [5.74, 6) is 0.0833. The molecule has 3 heteroatoms. The van der Waals surface area contributed by atoms with Gasteiger partial charge in [-0.1, -0.05) is 27.6 Å². The zero-order valence-electron chi connectivity index (χ0n) is 9.08. The molecule has 0 aliphatic rings. The molecule has 0 aliphatic heterocycles. The zero-order valence-corrected chi connectivity index (χ0v) is 11.5. The van der Waals surface area contributed by atoms with Crippen molar-refractivity contribution < 1.29 is 4.79 Å². The van der Waals surface area contributed by atoms with Crippen molar-refractivity contribution in [3.63, 3.8) is 0 Å². The minimum absolute atomic E-state index is 0.0833. The van der Waals surface area contributed by atoms with Crippen LogP contribution in [0.15, 0.2) is 34.1 Å². The van der Waals surface area contributed by atoms with Crippen molar-refractivity contribution >= 4 is 33.0 Å². The minimum atomic E-state index is 0.0833. The molecule has 0 aliphatic carbocycles. The molecule has 0 spiro atoms. The Morgan fingerprint density at radius 2 is 2.00 bits per heavy atom. The van der Waals surface area contributed by atoms with Gasteiger partial charge in [0.15, 0.2) is 5.78 Å². The van der Waals surface area contributed by atoms with E-state index in [0.717, 1.165) is 26.0 Å². The molecule has 1 nitrogen and oxygen atoms in total. The normalized spacial score (nSPS) is 10.4. The highest BCUT2D eigenvalue weighted by Gasteiger charge is 2.13. The Hall–Kier alpha value is -0.930. The van der Waals surface area contributed by atoms with E-state index in [4.69, 9.17) is 0 Å². The van der Waals surface area contributed by atoms with E-state index in [-0.39, 0.29) is 5.78 Å². The Bertz CT molecular complexity index is 543. The summed E-state index contributed by atoms with van der Waals surface area (Å²) in [5, 5.41) is 1.91. The third-order valence-electron chi connectivity index (χ3n) is 2.36. The molecule has 0 saturated carbocycles. The second-order valence-corrected chi connectivity index (χ2v) is 5.73. The van der Waals surface area contributed by atoms with E-state index in [0.29, 0.717) is 0 Å². The summed E-state index contributed by atoms with van der Waals surface area (Å²) in [6.45, 7) is 3.99. The molecule has 0 saturated heterocycles. The third-order valence-corrected chi connectivity index (χ3v) is 3.91. The van der Waals surface area contributed by atoms with Gasteiger partial charge in [0.05, 0.1) is 0 Å². The van der Waals surface area contributed by atoms with Crippen molar-refractivity contribution in [1.29, 1.82) is 0 Å². The molecule has 0 atom stereocenters. The molecule has 16 heavy (non-hydrogen) atoms. The van der Waals surface area contributed by atoms with Gasteiger partial charge in [0.1, 0.15) is 0 Å². The number of carbonyl (C=O) groups is 1. The molecule has 2 aromatic rings. The number of hydrogen-bond donors (Lipinski definition) is 0. The third kappa shape index (κ3) is 2.25. The van der Waals surface area contributed by atoms with Crippen LogP contribution >= 0.6 is 27.3 Å². The fourth-order valence-electron chi connectivity index (χ4n) is 1.53. The van der Waals surface area contributed by atoms with E-state index >= 15 is 0 Å². The maximum absolute atomic E-state index is 12.2. The molecular formula is C13H11BrOS. The SMILES string of the molecule is Cc1ccc(Br)c(C(=O)c2csc(C)c2)c1. The summed E-state index contributed by atoms with van der Waals surface area (Å²) in [7, 11) is 0. The Kier molecular flexibility index (Phi) is 3.26. The van der Waals surface area contributed by atoms with Crippen molar-refractivity contribution in [2.45, 2.75) is 13.8 Å². The van der Waals surface area contributed by atoms with Crippen LogP contribution in [0.25, 0.3) is 0 Å². The van der Waals surface area contributed by atoms with Crippen LogP contribution in [0.4, 0.5) is 0 Å². The number of hydrogen-bond acceptors (Lipinski definition) is 2. The lowest BCUT2D eigenvalue weighted by molar-refractivity contribution is 0.103. The number of benzene rings is 1.